The topological polar surface area (TPSA) is 48.7 Å². The number of benzene rings is 1. The van der Waals surface area contributed by atoms with Crippen molar-refractivity contribution in [3.63, 3.8) is 0 Å². The molecular formula is C18H19N3O. The van der Waals surface area contributed by atoms with Gasteiger partial charge >= 0.3 is 0 Å². The van der Waals surface area contributed by atoms with Crippen LogP contribution in [0, 0.1) is 0 Å². The molecule has 0 aliphatic carbocycles. The molecule has 0 unspecified atom stereocenters. The van der Waals surface area contributed by atoms with Gasteiger partial charge in [-0.3, -0.25) is 4.99 Å². The van der Waals surface area contributed by atoms with Crippen molar-refractivity contribution < 1.29 is 5.11 Å². The Balaban J connectivity index is 1.69. The molecule has 4 rings (SSSR count). The predicted molar refractivity (Wildman–Crippen MR) is 87.5 cm³/mol. The highest BCUT2D eigenvalue weighted by Crippen LogP contribution is 2.27. The van der Waals surface area contributed by atoms with Crippen molar-refractivity contribution >= 4 is 11.5 Å². The lowest BCUT2D eigenvalue weighted by Gasteiger charge is -2.22. The van der Waals surface area contributed by atoms with Crippen LogP contribution in [0.1, 0.15) is 30.0 Å². The highest BCUT2D eigenvalue weighted by molar-refractivity contribution is 6.15. The first kappa shape index (κ1) is 13.5. The van der Waals surface area contributed by atoms with Crippen molar-refractivity contribution in [3.8, 4) is 0 Å². The standard InChI is InChI=1S/C18H19N3O/c1-12-8-15(22)11-21(12)17-9-13(6-7-19-17)18-16-5-3-2-4-14(16)10-20-18/h2-7,9,12,15,22H,8,10-11H2,1H3/t12-,15-/m1/s1. The Kier molecular flexibility index (Phi) is 3.19. The second kappa shape index (κ2) is 5.21. The fraction of sp³-hybridized carbons (Fsp3) is 0.333. The summed E-state index contributed by atoms with van der Waals surface area (Å²) in [7, 11) is 0. The predicted octanol–water partition coefficient (Wildman–Crippen LogP) is 2.39. The third-order valence-corrected chi connectivity index (χ3v) is 4.55. The van der Waals surface area contributed by atoms with Gasteiger partial charge in [-0.2, -0.15) is 0 Å². The van der Waals surface area contributed by atoms with Crippen LogP contribution in [0.4, 0.5) is 5.82 Å². The molecule has 2 atom stereocenters. The molecule has 0 bridgehead atoms. The number of aliphatic hydroxyl groups is 1. The van der Waals surface area contributed by atoms with Gasteiger partial charge in [-0.05, 0) is 31.0 Å². The lowest BCUT2D eigenvalue weighted by Crippen LogP contribution is -2.28. The number of hydrogen-bond acceptors (Lipinski definition) is 4. The molecule has 112 valence electrons. The van der Waals surface area contributed by atoms with E-state index in [2.05, 4.69) is 47.1 Å². The summed E-state index contributed by atoms with van der Waals surface area (Å²) in [5.74, 6) is 0.925. The van der Waals surface area contributed by atoms with Crippen molar-refractivity contribution in [1.82, 2.24) is 4.98 Å². The average molecular weight is 293 g/mol. The van der Waals surface area contributed by atoms with Crippen LogP contribution in [-0.4, -0.2) is 34.5 Å². The molecule has 1 saturated heterocycles. The van der Waals surface area contributed by atoms with Gasteiger partial charge in [0.25, 0.3) is 0 Å². The second-order valence-corrected chi connectivity index (χ2v) is 6.12. The first-order valence-corrected chi connectivity index (χ1v) is 7.76. The van der Waals surface area contributed by atoms with Gasteiger partial charge in [-0.25, -0.2) is 4.98 Å². The maximum Gasteiger partial charge on any atom is 0.129 e. The smallest absolute Gasteiger partial charge is 0.129 e. The van der Waals surface area contributed by atoms with Crippen LogP contribution in [0.3, 0.4) is 0 Å². The van der Waals surface area contributed by atoms with Gasteiger partial charge in [-0.15, -0.1) is 0 Å². The number of aliphatic imine (C=N–C) groups is 1. The molecule has 4 nitrogen and oxygen atoms in total. The Labute approximate surface area is 130 Å². The molecule has 4 heteroatoms. The normalized spacial score (nSPS) is 23.5. The second-order valence-electron chi connectivity index (χ2n) is 6.12. The maximum atomic E-state index is 9.85. The van der Waals surface area contributed by atoms with Crippen LogP contribution in [-0.2, 0) is 6.54 Å². The number of hydrogen-bond donors (Lipinski definition) is 1. The Bertz CT molecular complexity index is 741. The number of aliphatic hydroxyl groups excluding tert-OH is 1. The molecular weight excluding hydrogens is 274 g/mol. The average Bonchev–Trinajstić information content (AvgIpc) is 3.10. The lowest BCUT2D eigenvalue weighted by molar-refractivity contribution is 0.195. The van der Waals surface area contributed by atoms with Gasteiger partial charge in [0.2, 0.25) is 0 Å². The van der Waals surface area contributed by atoms with Gasteiger partial charge in [0, 0.05) is 29.9 Å². The van der Waals surface area contributed by atoms with Crippen molar-refractivity contribution in [2.45, 2.75) is 32.0 Å². The van der Waals surface area contributed by atoms with Gasteiger partial charge in [0.1, 0.15) is 5.82 Å². The van der Waals surface area contributed by atoms with E-state index in [0.717, 1.165) is 30.1 Å². The first-order valence-electron chi connectivity index (χ1n) is 7.76. The highest BCUT2D eigenvalue weighted by atomic mass is 16.3. The highest BCUT2D eigenvalue weighted by Gasteiger charge is 2.29. The van der Waals surface area contributed by atoms with Gasteiger partial charge in [0.15, 0.2) is 0 Å². The molecule has 3 heterocycles. The molecule has 0 spiro atoms. The van der Waals surface area contributed by atoms with Crippen molar-refractivity contribution in [3.05, 3.63) is 59.3 Å². The van der Waals surface area contributed by atoms with E-state index in [0.29, 0.717) is 12.6 Å². The van der Waals surface area contributed by atoms with Gasteiger partial charge in [-0.1, -0.05) is 24.3 Å². The van der Waals surface area contributed by atoms with Gasteiger partial charge in [0.05, 0.1) is 18.4 Å². The number of nitrogens with zero attached hydrogens (tertiary/aromatic N) is 3. The van der Waals surface area contributed by atoms with Crippen molar-refractivity contribution in [2.24, 2.45) is 4.99 Å². The molecule has 22 heavy (non-hydrogen) atoms. The van der Waals surface area contributed by atoms with Crippen molar-refractivity contribution in [2.75, 3.05) is 11.4 Å². The Morgan fingerprint density at radius 3 is 2.91 bits per heavy atom. The number of rotatable bonds is 2. The largest absolute Gasteiger partial charge is 0.391 e. The summed E-state index contributed by atoms with van der Waals surface area (Å²) in [4.78, 5) is 11.4. The molecule has 1 aromatic heterocycles. The minimum Gasteiger partial charge on any atom is -0.391 e. The van der Waals surface area contributed by atoms with Crippen LogP contribution < -0.4 is 4.90 Å². The maximum absolute atomic E-state index is 9.85. The van der Waals surface area contributed by atoms with E-state index in [1.54, 1.807) is 0 Å². The van der Waals surface area contributed by atoms with Crippen LogP contribution >= 0.6 is 0 Å². The van der Waals surface area contributed by atoms with Crippen LogP contribution in [0.15, 0.2) is 47.6 Å². The molecule has 0 saturated carbocycles. The van der Waals surface area contributed by atoms with E-state index in [-0.39, 0.29) is 6.10 Å². The fourth-order valence-electron chi connectivity index (χ4n) is 3.43. The third kappa shape index (κ3) is 2.20. The zero-order valence-corrected chi connectivity index (χ0v) is 12.6. The van der Waals surface area contributed by atoms with Crippen molar-refractivity contribution in [1.29, 1.82) is 0 Å². The summed E-state index contributed by atoms with van der Waals surface area (Å²) < 4.78 is 0. The summed E-state index contributed by atoms with van der Waals surface area (Å²) in [5, 5.41) is 9.85. The molecule has 0 amide bonds. The SMILES string of the molecule is C[C@@H]1C[C@@H](O)CN1c1cc(C2=NCc3ccccc32)ccn1. The summed E-state index contributed by atoms with van der Waals surface area (Å²) in [6.07, 6.45) is 2.38. The Morgan fingerprint density at radius 2 is 2.09 bits per heavy atom. The number of β-amino-alcohol motifs (C(OH)–C–C–N with tert-alkyl or cyclic N) is 1. The third-order valence-electron chi connectivity index (χ3n) is 4.55. The minimum atomic E-state index is -0.259. The minimum absolute atomic E-state index is 0.259. The Hall–Kier alpha value is -2.20. The lowest BCUT2D eigenvalue weighted by atomic mass is 10.0. The molecule has 1 aromatic carbocycles. The monoisotopic (exact) mass is 293 g/mol. The summed E-state index contributed by atoms with van der Waals surface area (Å²) in [6.45, 7) is 3.54. The molecule has 2 aliphatic rings. The number of pyridine rings is 1. The van der Waals surface area contributed by atoms with E-state index < -0.39 is 0 Å². The van der Waals surface area contributed by atoms with Gasteiger partial charge < -0.3 is 10.0 Å². The molecule has 0 radical (unpaired) electrons. The Morgan fingerprint density at radius 1 is 1.23 bits per heavy atom. The van der Waals surface area contributed by atoms with E-state index in [1.807, 2.05) is 12.3 Å². The van der Waals surface area contributed by atoms with Crippen LogP contribution in [0.2, 0.25) is 0 Å². The summed E-state index contributed by atoms with van der Waals surface area (Å²) in [6, 6.07) is 12.8. The van der Waals surface area contributed by atoms with Crippen LogP contribution in [0.25, 0.3) is 0 Å². The first-order chi connectivity index (χ1) is 10.7. The van der Waals surface area contributed by atoms with Crippen LogP contribution in [0.5, 0.6) is 0 Å². The zero-order chi connectivity index (χ0) is 15.1. The molecule has 1 N–H and O–H groups in total. The molecule has 2 aromatic rings. The number of anilines is 1. The quantitative estimate of drug-likeness (QED) is 0.925. The van der Waals surface area contributed by atoms with E-state index in [1.165, 1.54) is 11.1 Å². The number of fused-ring (bicyclic) bond motifs is 1. The number of aromatic nitrogens is 1. The summed E-state index contributed by atoms with van der Waals surface area (Å²) in [5.41, 5.74) is 4.64. The summed E-state index contributed by atoms with van der Waals surface area (Å²) >= 11 is 0. The molecule has 2 aliphatic heterocycles. The zero-order valence-electron chi connectivity index (χ0n) is 12.6. The van der Waals surface area contributed by atoms with E-state index >= 15 is 0 Å². The van der Waals surface area contributed by atoms with E-state index in [9.17, 15) is 5.11 Å². The molecule has 1 fully saturated rings. The fourth-order valence-corrected chi connectivity index (χ4v) is 3.43. The van der Waals surface area contributed by atoms with E-state index in [4.69, 9.17) is 4.99 Å².